The number of hydrogen-bond donors (Lipinski definition) is 1. The maximum atomic E-state index is 12.7. The van der Waals surface area contributed by atoms with Gasteiger partial charge in [-0.2, -0.15) is 0 Å². The number of thiophene rings is 1. The van der Waals surface area contributed by atoms with Gasteiger partial charge in [-0.3, -0.25) is 4.79 Å². The highest BCUT2D eigenvalue weighted by atomic mass is 32.1. The van der Waals surface area contributed by atoms with Gasteiger partial charge in [-0.1, -0.05) is 12.1 Å². The van der Waals surface area contributed by atoms with Gasteiger partial charge in [0.1, 0.15) is 5.01 Å². The van der Waals surface area contributed by atoms with Crippen molar-refractivity contribution in [2.45, 2.75) is 0 Å². The first-order chi connectivity index (χ1) is 14.7. The van der Waals surface area contributed by atoms with Crippen molar-refractivity contribution in [3.05, 3.63) is 65.5 Å². The minimum Gasteiger partial charge on any atom is -0.369 e. The van der Waals surface area contributed by atoms with Crippen LogP contribution in [0.2, 0.25) is 0 Å². The topological polar surface area (TPSA) is 48.5 Å². The fraction of sp³-hybridized carbons (Fsp3) is 0.217. The van der Waals surface area contributed by atoms with E-state index >= 15 is 0 Å². The lowest BCUT2D eigenvalue weighted by Gasteiger charge is -2.34. The fourth-order valence-electron chi connectivity index (χ4n) is 3.57. The summed E-state index contributed by atoms with van der Waals surface area (Å²) in [4.78, 5) is 23.8. The smallest absolute Gasteiger partial charge is 0.265 e. The maximum absolute atomic E-state index is 12.7. The largest absolute Gasteiger partial charge is 0.369 e. The molecule has 1 saturated heterocycles. The van der Waals surface area contributed by atoms with Crippen LogP contribution in [0.25, 0.3) is 20.1 Å². The van der Waals surface area contributed by atoms with Gasteiger partial charge in [0.05, 0.1) is 20.0 Å². The normalized spacial score (nSPS) is 14.9. The zero-order valence-electron chi connectivity index (χ0n) is 16.7. The number of carbonyl (C=O) groups is 1. The lowest BCUT2D eigenvalue weighted by atomic mass is 10.2. The van der Waals surface area contributed by atoms with Crippen molar-refractivity contribution in [1.82, 2.24) is 9.88 Å². The third-order valence-electron chi connectivity index (χ3n) is 5.33. The molecule has 30 heavy (non-hydrogen) atoms. The highest BCUT2D eigenvalue weighted by molar-refractivity contribution is 7.26. The first kappa shape index (κ1) is 19.2. The molecule has 1 amide bonds. The van der Waals surface area contributed by atoms with Crippen LogP contribution in [0.3, 0.4) is 0 Å². The quantitative estimate of drug-likeness (QED) is 0.489. The van der Waals surface area contributed by atoms with Crippen LogP contribution >= 0.6 is 22.7 Å². The molecule has 1 N–H and O–H groups in total. The molecular weight excluding hydrogens is 412 g/mol. The van der Waals surface area contributed by atoms with Crippen molar-refractivity contribution in [2.24, 2.45) is 0 Å². The molecule has 2 aromatic carbocycles. The molecule has 5 rings (SSSR count). The lowest BCUT2D eigenvalue weighted by Crippen LogP contribution is -2.44. The van der Waals surface area contributed by atoms with Crippen LogP contribution in [0.15, 0.2) is 60.7 Å². The molecule has 1 aliphatic rings. The third-order valence-corrected chi connectivity index (χ3v) is 7.62. The summed E-state index contributed by atoms with van der Waals surface area (Å²) < 4.78 is 1.16. The van der Waals surface area contributed by atoms with E-state index < -0.39 is 0 Å². The van der Waals surface area contributed by atoms with E-state index in [9.17, 15) is 4.79 Å². The van der Waals surface area contributed by atoms with Gasteiger partial charge < -0.3 is 15.1 Å². The van der Waals surface area contributed by atoms with Gasteiger partial charge in [0.2, 0.25) is 0 Å². The minimum atomic E-state index is -0.0836. The average Bonchev–Trinajstić information content (AvgIpc) is 3.42. The van der Waals surface area contributed by atoms with Crippen LogP contribution in [-0.2, 0) is 0 Å². The van der Waals surface area contributed by atoms with Crippen LogP contribution in [0.1, 0.15) is 9.67 Å². The Morgan fingerprint density at radius 1 is 0.933 bits per heavy atom. The van der Waals surface area contributed by atoms with Gasteiger partial charge in [0.25, 0.3) is 5.91 Å². The second-order valence-corrected chi connectivity index (χ2v) is 9.56. The number of amides is 1. The average molecular weight is 435 g/mol. The summed E-state index contributed by atoms with van der Waals surface area (Å²) in [5, 5.41) is 3.97. The van der Waals surface area contributed by atoms with Crippen LogP contribution in [0.4, 0.5) is 11.4 Å². The third kappa shape index (κ3) is 3.96. The summed E-state index contributed by atoms with van der Waals surface area (Å²) >= 11 is 3.13. The number of nitrogens with zero attached hydrogens (tertiary/aromatic N) is 3. The number of carbonyl (C=O) groups excluding carboxylic acids is 1. The molecule has 3 heterocycles. The molecule has 2 aromatic heterocycles. The zero-order chi connectivity index (χ0) is 20.5. The number of thiazole rings is 1. The van der Waals surface area contributed by atoms with Crippen LogP contribution in [0, 0.1) is 0 Å². The molecule has 0 atom stereocenters. The Bertz CT molecular complexity index is 1140. The van der Waals surface area contributed by atoms with E-state index in [0.717, 1.165) is 52.0 Å². The fourth-order valence-corrected chi connectivity index (χ4v) is 5.49. The van der Waals surface area contributed by atoms with Crippen LogP contribution < -0.4 is 10.2 Å². The highest BCUT2D eigenvalue weighted by Gasteiger charge is 2.16. The van der Waals surface area contributed by atoms with Crippen LogP contribution in [-0.4, -0.2) is 49.0 Å². The molecular formula is C23H22N4OS2. The van der Waals surface area contributed by atoms with E-state index in [4.69, 9.17) is 0 Å². The Hall–Kier alpha value is -2.74. The Balaban J connectivity index is 1.26. The number of likely N-dealkylation sites (N-methyl/N-ethyl adjacent to an activating group) is 1. The summed E-state index contributed by atoms with van der Waals surface area (Å²) in [5.74, 6) is -0.0836. The lowest BCUT2D eigenvalue weighted by molar-refractivity contribution is 0.103. The zero-order valence-corrected chi connectivity index (χ0v) is 18.3. The van der Waals surface area contributed by atoms with Gasteiger partial charge in [-0.25, -0.2) is 4.98 Å². The number of nitrogens with one attached hydrogen (secondary N) is 1. The van der Waals surface area contributed by atoms with Gasteiger partial charge in [-0.15, -0.1) is 22.7 Å². The summed E-state index contributed by atoms with van der Waals surface area (Å²) in [5.41, 5.74) is 3.01. The van der Waals surface area contributed by atoms with Gasteiger partial charge >= 0.3 is 0 Å². The van der Waals surface area contributed by atoms with Crippen molar-refractivity contribution in [2.75, 3.05) is 43.4 Å². The predicted octanol–water partition coefficient (Wildman–Crippen LogP) is 5.03. The van der Waals surface area contributed by atoms with Crippen molar-refractivity contribution in [3.8, 4) is 9.88 Å². The summed E-state index contributed by atoms with van der Waals surface area (Å²) in [6.45, 7) is 4.22. The summed E-state index contributed by atoms with van der Waals surface area (Å²) in [7, 11) is 2.16. The van der Waals surface area contributed by atoms with E-state index in [1.807, 2.05) is 42.5 Å². The minimum absolute atomic E-state index is 0.0836. The molecule has 0 saturated carbocycles. The molecule has 0 unspecified atom stereocenters. The van der Waals surface area contributed by atoms with E-state index in [0.29, 0.717) is 4.88 Å². The molecule has 7 heteroatoms. The number of piperazine rings is 1. The highest BCUT2D eigenvalue weighted by Crippen LogP contribution is 2.34. The number of rotatable bonds is 4. The van der Waals surface area contributed by atoms with Crippen molar-refractivity contribution in [3.63, 3.8) is 0 Å². The predicted molar refractivity (Wildman–Crippen MR) is 127 cm³/mol. The Morgan fingerprint density at radius 2 is 1.70 bits per heavy atom. The van der Waals surface area contributed by atoms with E-state index in [1.54, 1.807) is 11.3 Å². The van der Waals surface area contributed by atoms with Gasteiger partial charge in [0.15, 0.2) is 0 Å². The molecule has 0 aliphatic carbocycles. The molecule has 5 nitrogen and oxygen atoms in total. The molecule has 152 valence electrons. The first-order valence-corrected chi connectivity index (χ1v) is 11.6. The number of para-hydroxylation sites is 1. The number of anilines is 2. The van der Waals surface area contributed by atoms with Gasteiger partial charge in [-0.05, 0) is 55.6 Å². The molecule has 0 radical (unpaired) electrons. The summed E-state index contributed by atoms with van der Waals surface area (Å²) in [6.07, 6.45) is 0. The maximum Gasteiger partial charge on any atom is 0.265 e. The Kier molecular flexibility index (Phi) is 5.25. The number of fused-ring (bicyclic) bond motifs is 1. The van der Waals surface area contributed by atoms with E-state index in [2.05, 4.69) is 45.3 Å². The van der Waals surface area contributed by atoms with E-state index in [1.165, 1.54) is 17.0 Å². The molecule has 4 aromatic rings. The number of hydrogen-bond acceptors (Lipinski definition) is 6. The molecule has 0 spiro atoms. The van der Waals surface area contributed by atoms with Crippen LogP contribution in [0.5, 0.6) is 0 Å². The number of aromatic nitrogens is 1. The SMILES string of the molecule is CN1CCN(c2ccc(NC(=O)c3ccc(-c4nc5ccccc5s4)s3)cc2)CC1. The summed E-state index contributed by atoms with van der Waals surface area (Å²) in [6, 6.07) is 20.1. The second kappa shape index (κ2) is 8.18. The van der Waals surface area contributed by atoms with E-state index in [-0.39, 0.29) is 5.91 Å². The van der Waals surface area contributed by atoms with Gasteiger partial charge in [0, 0.05) is 37.6 Å². The Labute approximate surface area is 183 Å². The second-order valence-electron chi connectivity index (χ2n) is 7.44. The molecule has 1 fully saturated rings. The van der Waals surface area contributed by atoms with Crippen molar-refractivity contribution < 1.29 is 4.79 Å². The van der Waals surface area contributed by atoms with Crippen molar-refractivity contribution in [1.29, 1.82) is 0 Å². The monoisotopic (exact) mass is 434 g/mol. The molecule has 0 bridgehead atoms. The number of benzene rings is 2. The van der Waals surface area contributed by atoms with Crippen molar-refractivity contribution >= 4 is 50.2 Å². The Morgan fingerprint density at radius 3 is 2.47 bits per heavy atom. The first-order valence-electron chi connectivity index (χ1n) is 9.96. The molecule has 1 aliphatic heterocycles. The standard InChI is InChI=1S/C23H22N4OS2/c1-26-12-14-27(15-13-26)17-8-6-16(7-9-17)24-22(28)20-10-11-21(29-20)23-25-18-4-2-3-5-19(18)30-23/h2-11H,12-15H2,1H3,(H,24,28).